The Morgan fingerprint density at radius 2 is 2.00 bits per heavy atom. The maximum absolute atomic E-state index is 11.9. The lowest BCUT2D eigenvalue weighted by atomic mass is 9.95. The number of likely N-dealkylation sites (tertiary alicyclic amines) is 1. The zero-order valence-corrected chi connectivity index (χ0v) is 12.6. The van der Waals surface area contributed by atoms with Crippen LogP contribution < -0.4 is 0 Å². The number of carbonyl (C=O) groups is 1. The van der Waals surface area contributed by atoms with E-state index in [2.05, 4.69) is 4.90 Å². The average molecular weight is 287 g/mol. The maximum atomic E-state index is 11.9. The molecule has 2 rings (SSSR count). The highest BCUT2D eigenvalue weighted by Crippen LogP contribution is 2.33. The molecule has 1 saturated heterocycles. The van der Waals surface area contributed by atoms with Gasteiger partial charge in [0.25, 0.3) is 0 Å². The molecule has 5 heteroatoms. The summed E-state index contributed by atoms with van der Waals surface area (Å²) in [5, 5.41) is 0. The SMILES string of the molecule is CCCS(=O)(=O)CCN1CCCC1C1CCCC1=O. The number of hydrogen-bond donors (Lipinski definition) is 0. The topological polar surface area (TPSA) is 54.5 Å². The third-order valence-corrected chi connectivity index (χ3v) is 6.27. The van der Waals surface area contributed by atoms with Crippen molar-refractivity contribution in [2.45, 2.75) is 51.5 Å². The molecule has 4 nitrogen and oxygen atoms in total. The first-order valence-electron chi connectivity index (χ1n) is 7.50. The van der Waals surface area contributed by atoms with Crippen LogP contribution in [0.1, 0.15) is 45.4 Å². The van der Waals surface area contributed by atoms with Crippen LogP contribution in [0.15, 0.2) is 0 Å². The van der Waals surface area contributed by atoms with Gasteiger partial charge in [0.15, 0.2) is 9.84 Å². The summed E-state index contributed by atoms with van der Waals surface area (Å²) in [5.74, 6) is 1.11. The van der Waals surface area contributed by atoms with Crippen molar-refractivity contribution in [2.24, 2.45) is 5.92 Å². The van der Waals surface area contributed by atoms with Gasteiger partial charge in [0, 0.05) is 30.7 Å². The summed E-state index contributed by atoms with van der Waals surface area (Å²) in [7, 11) is -2.91. The smallest absolute Gasteiger partial charge is 0.151 e. The van der Waals surface area contributed by atoms with Crippen LogP contribution >= 0.6 is 0 Å². The van der Waals surface area contributed by atoms with Crippen molar-refractivity contribution in [1.82, 2.24) is 4.90 Å². The summed E-state index contributed by atoms with van der Waals surface area (Å²) < 4.78 is 23.6. The standard InChI is InChI=1S/C14H25NO3S/c1-2-10-19(17,18)11-9-15-8-4-6-13(15)12-5-3-7-14(12)16/h12-13H,2-11H2,1H3. The van der Waals surface area contributed by atoms with Gasteiger partial charge in [0.1, 0.15) is 5.78 Å². The number of hydrogen-bond acceptors (Lipinski definition) is 4. The van der Waals surface area contributed by atoms with Gasteiger partial charge < -0.3 is 0 Å². The summed E-state index contributed by atoms with van der Waals surface area (Å²) in [6.07, 6.45) is 5.59. The van der Waals surface area contributed by atoms with Crippen LogP contribution in [-0.4, -0.2) is 49.7 Å². The van der Waals surface area contributed by atoms with E-state index in [1.807, 2.05) is 6.92 Å². The Labute approximate surface area is 116 Å². The summed E-state index contributed by atoms with van der Waals surface area (Å²) in [6.45, 7) is 3.46. The van der Waals surface area contributed by atoms with Crippen molar-refractivity contribution >= 4 is 15.6 Å². The van der Waals surface area contributed by atoms with Crippen LogP contribution in [0.2, 0.25) is 0 Å². The van der Waals surface area contributed by atoms with Crippen molar-refractivity contribution in [3.8, 4) is 0 Å². The summed E-state index contributed by atoms with van der Waals surface area (Å²) in [4.78, 5) is 14.1. The van der Waals surface area contributed by atoms with E-state index in [0.29, 0.717) is 24.8 Å². The third kappa shape index (κ3) is 3.78. The largest absolute Gasteiger partial charge is 0.299 e. The van der Waals surface area contributed by atoms with Crippen LogP contribution in [0, 0.1) is 5.92 Å². The second-order valence-electron chi connectivity index (χ2n) is 5.86. The third-order valence-electron chi connectivity index (χ3n) is 4.44. The van der Waals surface area contributed by atoms with Gasteiger partial charge in [-0.05, 0) is 38.6 Å². The molecule has 1 aliphatic carbocycles. The minimum atomic E-state index is -2.91. The fourth-order valence-corrected chi connectivity index (χ4v) is 4.84. The Hall–Kier alpha value is -0.420. The van der Waals surface area contributed by atoms with Crippen molar-refractivity contribution in [2.75, 3.05) is 24.6 Å². The molecule has 2 aliphatic rings. The molecular weight excluding hydrogens is 262 g/mol. The Kier molecular flexibility index (Phi) is 5.01. The van der Waals surface area contributed by atoms with Gasteiger partial charge in [-0.2, -0.15) is 0 Å². The molecule has 2 atom stereocenters. The Balaban J connectivity index is 1.90. The molecule has 110 valence electrons. The quantitative estimate of drug-likeness (QED) is 0.745. The van der Waals surface area contributed by atoms with Crippen LogP contribution in [-0.2, 0) is 14.6 Å². The molecule has 19 heavy (non-hydrogen) atoms. The van der Waals surface area contributed by atoms with E-state index in [1.54, 1.807) is 0 Å². The molecule has 1 heterocycles. The molecule has 1 aliphatic heterocycles. The number of Topliss-reactive ketones (excluding diaryl/α,β-unsaturated/α-hetero) is 1. The van der Waals surface area contributed by atoms with Gasteiger partial charge in [0.05, 0.1) is 5.75 Å². The van der Waals surface area contributed by atoms with Crippen LogP contribution in [0.5, 0.6) is 0 Å². The first-order chi connectivity index (χ1) is 9.03. The Morgan fingerprint density at radius 1 is 1.21 bits per heavy atom. The Bertz CT molecular complexity index is 418. The van der Waals surface area contributed by atoms with Crippen LogP contribution in [0.25, 0.3) is 0 Å². The van der Waals surface area contributed by atoms with Gasteiger partial charge in [0.2, 0.25) is 0 Å². The van der Waals surface area contributed by atoms with E-state index in [9.17, 15) is 13.2 Å². The minimum Gasteiger partial charge on any atom is -0.299 e. The van der Waals surface area contributed by atoms with Gasteiger partial charge in [-0.15, -0.1) is 0 Å². The molecule has 0 bridgehead atoms. The highest BCUT2D eigenvalue weighted by Gasteiger charge is 2.38. The number of carbonyl (C=O) groups excluding carboxylic acids is 1. The minimum absolute atomic E-state index is 0.177. The number of nitrogens with zero attached hydrogens (tertiary/aromatic N) is 1. The van der Waals surface area contributed by atoms with E-state index in [-0.39, 0.29) is 17.4 Å². The molecule has 0 radical (unpaired) electrons. The zero-order chi connectivity index (χ0) is 13.9. The molecular formula is C14H25NO3S. The number of rotatable bonds is 6. The first-order valence-corrected chi connectivity index (χ1v) is 9.33. The second kappa shape index (κ2) is 6.35. The molecule has 0 aromatic heterocycles. The molecule has 2 unspecified atom stereocenters. The number of sulfone groups is 1. The predicted molar refractivity (Wildman–Crippen MR) is 75.9 cm³/mol. The van der Waals surface area contributed by atoms with Gasteiger partial charge >= 0.3 is 0 Å². The van der Waals surface area contributed by atoms with Crippen molar-refractivity contribution < 1.29 is 13.2 Å². The normalized spacial score (nSPS) is 29.2. The van der Waals surface area contributed by atoms with E-state index in [4.69, 9.17) is 0 Å². The van der Waals surface area contributed by atoms with Crippen LogP contribution in [0.3, 0.4) is 0 Å². The lowest BCUT2D eigenvalue weighted by molar-refractivity contribution is -0.122. The molecule has 0 aromatic rings. The molecule has 0 spiro atoms. The molecule has 1 saturated carbocycles. The fraction of sp³-hybridized carbons (Fsp3) is 0.929. The van der Waals surface area contributed by atoms with Crippen molar-refractivity contribution in [3.63, 3.8) is 0 Å². The maximum Gasteiger partial charge on any atom is 0.151 e. The summed E-state index contributed by atoms with van der Waals surface area (Å²) in [6, 6.07) is 0.312. The van der Waals surface area contributed by atoms with Gasteiger partial charge in [-0.25, -0.2) is 8.42 Å². The highest BCUT2D eigenvalue weighted by atomic mass is 32.2. The summed E-state index contributed by atoms with van der Waals surface area (Å²) >= 11 is 0. The van der Waals surface area contributed by atoms with Crippen LogP contribution in [0.4, 0.5) is 0 Å². The summed E-state index contributed by atoms with van der Waals surface area (Å²) in [5.41, 5.74) is 0. The van der Waals surface area contributed by atoms with E-state index >= 15 is 0 Å². The fourth-order valence-electron chi connectivity index (χ4n) is 3.50. The predicted octanol–water partition coefficient (Wildman–Crippen LogP) is 1.64. The van der Waals surface area contributed by atoms with E-state index < -0.39 is 9.84 Å². The molecule has 0 aromatic carbocycles. The van der Waals surface area contributed by atoms with E-state index in [1.165, 1.54) is 0 Å². The number of ketones is 1. The van der Waals surface area contributed by atoms with Gasteiger partial charge in [-0.3, -0.25) is 9.69 Å². The zero-order valence-electron chi connectivity index (χ0n) is 11.8. The Morgan fingerprint density at radius 3 is 2.63 bits per heavy atom. The van der Waals surface area contributed by atoms with Crippen molar-refractivity contribution in [1.29, 1.82) is 0 Å². The van der Waals surface area contributed by atoms with Gasteiger partial charge in [-0.1, -0.05) is 6.92 Å². The van der Waals surface area contributed by atoms with E-state index in [0.717, 1.165) is 38.6 Å². The average Bonchev–Trinajstić information content (AvgIpc) is 2.94. The lowest BCUT2D eigenvalue weighted by Crippen LogP contribution is -2.40. The molecule has 0 amide bonds. The first kappa shape index (κ1) is 15.0. The molecule has 0 N–H and O–H groups in total. The molecule has 2 fully saturated rings. The van der Waals surface area contributed by atoms with Crippen molar-refractivity contribution in [3.05, 3.63) is 0 Å². The lowest BCUT2D eigenvalue weighted by Gasteiger charge is -2.28. The monoisotopic (exact) mass is 287 g/mol. The highest BCUT2D eigenvalue weighted by molar-refractivity contribution is 7.91. The second-order valence-corrected chi connectivity index (χ2v) is 8.17.